The second-order valence-electron chi connectivity index (χ2n) is 3.87. The van der Waals surface area contributed by atoms with E-state index in [1.807, 2.05) is 18.2 Å². The van der Waals surface area contributed by atoms with Gasteiger partial charge < -0.3 is 9.64 Å². The molecule has 90 valence electrons. The topological polar surface area (TPSA) is 25.4 Å². The van der Waals surface area contributed by atoms with Crippen molar-refractivity contribution < 1.29 is 4.74 Å². The summed E-state index contributed by atoms with van der Waals surface area (Å²) in [4.78, 5) is 6.74. The first kappa shape index (κ1) is 13.3. The van der Waals surface area contributed by atoms with E-state index < -0.39 is 0 Å². The zero-order valence-electron chi connectivity index (χ0n) is 10.1. The molecule has 1 rings (SSSR count). The smallest absolute Gasteiger partial charge is 0.214 e. The lowest BCUT2D eigenvalue weighted by molar-refractivity contribution is 0.397. The molecule has 0 N–H and O–H groups in total. The van der Waals surface area contributed by atoms with Gasteiger partial charge in [-0.1, -0.05) is 22.0 Å². The van der Waals surface area contributed by atoms with Gasteiger partial charge in [-0.15, -0.1) is 0 Å². The highest BCUT2D eigenvalue weighted by atomic mass is 79.9. The van der Waals surface area contributed by atoms with E-state index in [1.165, 1.54) is 0 Å². The summed E-state index contributed by atoms with van der Waals surface area (Å²) in [7, 11) is 1.64. The predicted octanol–water partition coefficient (Wildman–Crippen LogP) is 3.09. The van der Waals surface area contributed by atoms with Gasteiger partial charge in [0.15, 0.2) is 0 Å². The number of nitrogens with zero attached hydrogens (tertiary/aromatic N) is 2. The number of methoxy groups -OCH3 is 1. The molecule has 0 unspecified atom stereocenters. The van der Waals surface area contributed by atoms with Crippen LogP contribution >= 0.6 is 15.9 Å². The number of anilines is 1. The Morgan fingerprint density at radius 3 is 2.75 bits per heavy atom. The molecule has 0 bridgehead atoms. The molecule has 0 atom stereocenters. The number of rotatable bonds is 6. The molecule has 0 amide bonds. The van der Waals surface area contributed by atoms with Crippen molar-refractivity contribution in [1.29, 1.82) is 0 Å². The Morgan fingerprint density at radius 2 is 2.19 bits per heavy atom. The zero-order chi connectivity index (χ0) is 12.0. The Balaban J connectivity index is 2.82. The van der Waals surface area contributed by atoms with E-state index in [1.54, 1.807) is 7.11 Å². The molecular formula is C12H19BrN2O. The molecule has 16 heavy (non-hydrogen) atoms. The van der Waals surface area contributed by atoms with Gasteiger partial charge in [0.2, 0.25) is 5.88 Å². The van der Waals surface area contributed by atoms with Crippen molar-refractivity contribution in [3.8, 4) is 5.88 Å². The van der Waals surface area contributed by atoms with E-state index in [-0.39, 0.29) is 0 Å². The zero-order valence-corrected chi connectivity index (χ0v) is 11.7. The van der Waals surface area contributed by atoms with Crippen LogP contribution < -0.4 is 9.64 Å². The van der Waals surface area contributed by atoms with E-state index in [2.05, 4.69) is 39.7 Å². The van der Waals surface area contributed by atoms with Gasteiger partial charge in [0.05, 0.1) is 7.11 Å². The highest BCUT2D eigenvalue weighted by Gasteiger charge is 2.11. The number of ether oxygens (including phenoxy) is 1. The molecule has 0 spiro atoms. The number of halogens is 1. The van der Waals surface area contributed by atoms with Gasteiger partial charge in [0.1, 0.15) is 5.82 Å². The molecule has 1 aromatic rings. The summed E-state index contributed by atoms with van der Waals surface area (Å²) in [5.74, 6) is 1.65. The Labute approximate surface area is 106 Å². The fourth-order valence-corrected chi connectivity index (χ4v) is 1.80. The quantitative estimate of drug-likeness (QED) is 0.752. The van der Waals surface area contributed by atoms with Crippen molar-refractivity contribution in [3.63, 3.8) is 0 Å². The summed E-state index contributed by atoms with van der Waals surface area (Å²) in [6.07, 6.45) is 1.11. The number of hydrogen-bond acceptors (Lipinski definition) is 3. The van der Waals surface area contributed by atoms with Crippen molar-refractivity contribution in [1.82, 2.24) is 4.98 Å². The number of aromatic nitrogens is 1. The fraction of sp³-hybridized carbons (Fsp3) is 0.583. The van der Waals surface area contributed by atoms with Crippen molar-refractivity contribution in [2.75, 3.05) is 23.9 Å². The number of alkyl halides is 1. The summed E-state index contributed by atoms with van der Waals surface area (Å²) >= 11 is 3.46. The summed E-state index contributed by atoms with van der Waals surface area (Å²) < 4.78 is 5.14. The molecule has 0 fully saturated rings. The lowest BCUT2D eigenvalue weighted by Crippen LogP contribution is -2.32. The first-order valence-corrected chi connectivity index (χ1v) is 6.65. The molecule has 1 heterocycles. The van der Waals surface area contributed by atoms with Gasteiger partial charge in [0, 0.05) is 24.0 Å². The maximum absolute atomic E-state index is 5.14. The maximum atomic E-state index is 5.14. The third-order valence-electron chi connectivity index (χ3n) is 2.37. The van der Waals surface area contributed by atoms with Crippen molar-refractivity contribution in [2.45, 2.75) is 26.3 Å². The van der Waals surface area contributed by atoms with Gasteiger partial charge in [-0.05, 0) is 26.3 Å². The van der Waals surface area contributed by atoms with Crippen molar-refractivity contribution >= 4 is 21.7 Å². The molecule has 4 heteroatoms. The summed E-state index contributed by atoms with van der Waals surface area (Å²) in [5, 5.41) is 1.01. The lowest BCUT2D eigenvalue weighted by Gasteiger charge is -2.27. The van der Waals surface area contributed by atoms with Gasteiger partial charge in [0.25, 0.3) is 0 Å². The number of pyridine rings is 1. The Hall–Kier alpha value is -0.770. The molecule has 3 nitrogen and oxygen atoms in total. The van der Waals surface area contributed by atoms with Crippen LogP contribution in [0.3, 0.4) is 0 Å². The van der Waals surface area contributed by atoms with Gasteiger partial charge >= 0.3 is 0 Å². The predicted molar refractivity (Wildman–Crippen MR) is 71.7 cm³/mol. The Kier molecular flexibility index (Phi) is 5.60. The molecule has 0 aliphatic heterocycles. The van der Waals surface area contributed by atoms with Crippen molar-refractivity contribution in [2.24, 2.45) is 0 Å². The van der Waals surface area contributed by atoms with Crippen LogP contribution in [0, 0.1) is 0 Å². The second-order valence-corrected chi connectivity index (χ2v) is 4.66. The van der Waals surface area contributed by atoms with Crippen LogP contribution in [0.1, 0.15) is 20.3 Å². The summed E-state index contributed by atoms with van der Waals surface area (Å²) in [5.41, 5.74) is 0. The average molecular weight is 287 g/mol. The minimum absolute atomic E-state index is 0.443. The molecule has 0 saturated heterocycles. The largest absolute Gasteiger partial charge is 0.481 e. The van der Waals surface area contributed by atoms with Gasteiger partial charge in [-0.3, -0.25) is 0 Å². The van der Waals surface area contributed by atoms with Crippen LogP contribution in [-0.2, 0) is 0 Å². The molecule has 0 aromatic carbocycles. The van der Waals surface area contributed by atoms with E-state index in [0.717, 1.165) is 24.1 Å². The first-order chi connectivity index (χ1) is 7.69. The van der Waals surface area contributed by atoms with E-state index in [4.69, 9.17) is 4.74 Å². The van der Waals surface area contributed by atoms with E-state index in [9.17, 15) is 0 Å². The highest BCUT2D eigenvalue weighted by Crippen LogP contribution is 2.18. The fourth-order valence-electron chi connectivity index (χ4n) is 1.54. The monoisotopic (exact) mass is 286 g/mol. The molecule has 0 radical (unpaired) electrons. The number of hydrogen-bond donors (Lipinski definition) is 0. The van der Waals surface area contributed by atoms with Crippen LogP contribution in [0.25, 0.3) is 0 Å². The maximum Gasteiger partial charge on any atom is 0.214 e. The third kappa shape index (κ3) is 3.67. The van der Waals surface area contributed by atoms with Crippen LogP contribution in [0.2, 0.25) is 0 Å². The third-order valence-corrected chi connectivity index (χ3v) is 2.93. The minimum atomic E-state index is 0.443. The molecular weight excluding hydrogens is 268 g/mol. The van der Waals surface area contributed by atoms with Crippen LogP contribution in [0.5, 0.6) is 5.88 Å². The normalized spacial score (nSPS) is 10.6. The molecule has 0 aliphatic rings. The molecule has 1 aromatic heterocycles. The lowest BCUT2D eigenvalue weighted by atomic mass is 10.3. The SMILES string of the molecule is COc1cccc(N(CCCBr)C(C)C)n1. The van der Waals surface area contributed by atoms with Gasteiger partial charge in [-0.2, -0.15) is 4.98 Å². The van der Waals surface area contributed by atoms with Crippen molar-refractivity contribution in [3.05, 3.63) is 18.2 Å². The highest BCUT2D eigenvalue weighted by molar-refractivity contribution is 9.09. The Bertz CT molecular complexity index is 318. The van der Waals surface area contributed by atoms with E-state index in [0.29, 0.717) is 11.9 Å². The first-order valence-electron chi connectivity index (χ1n) is 5.52. The van der Waals surface area contributed by atoms with Crippen LogP contribution in [0.4, 0.5) is 5.82 Å². The summed E-state index contributed by atoms with van der Waals surface area (Å²) in [6.45, 7) is 5.36. The van der Waals surface area contributed by atoms with Crippen LogP contribution in [0.15, 0.2) is 18.2 Å². The van der Waals surface area contributed by atoms with E-state index >= 15 is 0 Å². The minimum Gasteiger partial charge on any atom is -0.481 e. The molecule has 0 saturated carbocycles. The average Bonchev–Trinajstić information content (AvgIpc) is 2.29. The second kappa shape index (κ2) is 6.74. The van der Waals surface area contributed by atoms with Crippen LogP contribution in [-0.4, -0.2) is 30.0 Å². The molecule has 0 aliphatic carbocycles. The summed E-state index contributed by atoms with van der Waals surface area (Å²) in [6, 6.07) is 6.31. The Morgan fingerprint density at radius 1 is 1.44 bits per heavy atom. The standard InChI is InChI=1S/C12H19BrN2O/c1-10(2)15(9-5-8-13)11-6-4-7-12(14-11)16-3/h4,6-7,10H,5,8-9H2,1-3H3. The van der Waals surface area contributed by atoms with Gasteiger partial charge in [-0.25, -0.2) is 0 Å².